The van der Waals surface area contributed by atoms with E-state index in [0.717, 1.165) is 0 Å². The van der Waals surface area contributed by atoms with Crippen molar-refractivity contribution < 1.29 is 19.0 Å². The third-order valence-electron chi connectivity index (χ3n) is 1.68. The number of carbonyl (C=O) groups excluding carboxylic acids is 1. The lowest BCUT2D eigenvalue weighted by Gasteiger charge is -2.19. The fourth-order valence-corrected chi connectivity index (χ4v) is 0.993. The zero-order valence-electron chi connectivity index (χ0n) is 11.5. The van der Waals surface area contributed by atoms with E-state index >= 15 is 0 Å². The molecule has 0 fully saturated rings. The molecule has 1 N–H and O–H groups in total. The van der Waals surface area contributed by atoms with E-state index in [2.05, 4.69) is 11.2 Å². The number of alkyl carbamates (subject to hydrolysis) is 1. The fraction of sp³-hybridized carbons (Fsp3) is 0.769. The van der Waals surface area contributed by atoms with Gasteiger partial charge in [-0.2, -0.15) is 0 Å². The summed E-state index contributed by atoms with van der Waals surface area (Å²) in [5.41, 5.74) is -0.476. The molecular formula is C13H23NO4. The van der Waals surface area contributed by atoms with Gasteiger partial charge in [0.2, 0.25) is 0 Å². The van der Waals surface area contributed by atoms with Crippen molar-refractivity contribution in [3.8, 4) is 12.3 Å². The first-order chi connectivity index (χ1) is 8.45. The third-order valence-corrected chi connectivity index (χ3v) is 1.68. The fourth-order valence-electron chi connectivity index (χ4n) is 0.993. The van der Waals surface area contributed by atoms with Crippen LogP contribution in [0.25, 0.3) is 0 Å². The van der Waals surface area contributed by atoms with Gasteiger partial charge in [-0.25, -0.2) is 4.79 Å². The Morgan fingerprint density at radius 1 is 1.17 bits per heavy atom. The van der Waals surface area contributed by atoms with Gasteiger partial charge in [0, 0.05) is 13.0 Å². The highest BCUT2D eigenvalue weighted by Gasteiger charge is 2.15. The molecule has 1 amide bonds. The second-order valence-corrected chi connectivity index (χ2v) is 4.61. The van der Waals surface area contributed by atoms with E-state index < -0.39 is 11.7 Å². The zero-order chi connectivity index (χ0) is 13.9. The lowest BCUT2D eigenvalue weighted by molar-refractivity contribution is 0.0408. The molecule has 5 nitrogen and oxygen atoms in total. The molecule has 0 saturated carbocycles. The van der Waals surface area contributed by atoms with E-state index in [0.29, 0.717) is 39.4 Å². The Bertz CT molecular complexity index is 265. The summed E-state index contributed by atoms with van der Waals surface area (Å²) in [6.07, 6.45) is 5.25. The maximum absolute atomic E-state index is 11.2. The first kappa shape index (κ1) is 16.8. The van der Waals surface area contributed by atoms with Crippen LogP contribution >= 0.6 is 0 Å². The van der Waals surface area contributed by atoms with Crippen LogP contribution in [0.4, 0.5) is 4.79 Å². The van der Waals surface area contributed by atoms with Crippen LogP contribution in [0.2, 0.25) is 0 Å². The van der Waals surface area contributed by atoms with Crippen molar-refractivity contribution >= 4 is 6.09 Å². The van der Waals surface area contributed by atoms with Gasteiger partial charge in [-0.05, 0) is 20.8 Å². The second kappa shape index (κ2) is 9.75. The lowest BCUT2D eigenvalue weighted by atomic mass is 10.2. The van der Waals surface area contributed by atoms with Crippen molar-refractivity contribution in [1.29, 1.82) is 0 Å². The highest BCUT2D eigenvalue weighted by atomic mass is 16.6. The zero-order valence-corrected chi connectivity index (χ0v) is 11.5. The van der Waals surface area contributed by atoms with Crippen LogP contribution in [0, 0.1) is 12.3 Å². The number of hydrogen-bond donors (Lipinski definition) is 1. The van der Waals surface area contributed by atoms with Crippen molar-refractivity contribution in [2.45, 2.75) is 32.8 Å². The van der Waals surface area contributed by atoms with E-state index in [-0.39, 0.29) is 0 Å². The van der Waals surface area contributed by atoms with Gasteiger partial charge in [-0.1, -0.05) is 0 Å². The van der Waals surface area contributed by atoms with Crippen LogP contribution in [-0.4, -0.2) is 44.7 Å². The maximum Gasteiger partial charge on any atom is 0.407 e. The molecule has 0 aromatic heterocycles. The number of hydrogen-bond acceptors (Lipinski definition) is 4. The highest BCUT2D eigenvalue weighted by Crippen LogP contribution is 2.05. The molecule has 104 valence electrons. The van der Waals surface area contributed by atoms with E-state index in [1.165, 1.54) is 0 Å². The Morgan fingerprint density at radius 2 is 1.78 bits per heavy atom. The summed E-state index contributed by atoms with van der Waals surface area (Å²) >= 11 is 0. The molecule has 18 heavy (non-hydrogen) atoms. The number of amides is 1. The van der Waals surface area contributed by atoms with Crippen molar-refractivity contribution in [3.63, 3.8) is 0 Å². The molecule has 0 rings (SSSR count). The van der Waals surface area contributed by atoms with Crippen LogP contribution < -0.4 is 5.32 Å². The average molecular weight is 257 g/mol. The van der Waals surface area contributed by atoms with E-state index in [1.807, 2.05) is 20.8 Å². The van der Waals surface area contributed by atoms with Gasteiger partial charge in [-0.15, -0.1) is 12.3 Å². The molecule has 0 aliphatic heterocycles. The summed E-state index contributed by atoms with van der Waals surface area (Å²) in [4.78, 5) is 11.2. The Hall–Kier alpha value is -1.25. The summed E-state index contributed by atoms with van der Waals surface area (Å²) in [5.74, 6) is 2.48. The molecule has 0 saturated heterocycles. The number of ether oxygens (including phenoxy) is 3. The SMILES string of the molecule is C#CCCOCCOCCNC(=O)OC(C)(C)C. The van der Waals surface area contributed by atoms with Gasteiger partial charge >= 0.3 is 6.09 Å². The molecule has 0 aromatic carbocycles. The normalized spacial score (nSPS) is 10.8. The maximum atomic E-state index is 11.2. The van der Waals surface area contributed by atoms with Crippen LogP contribution in [0.5, 0.6) is 0 Å². The van der Waals surface area contributed by atoms with Gasteiger partial charge in [0.25, 0.3) is 0 Å². The summed E-state index contributed by atoms with van der Waals surface area (Å²) in [6.45, 7) is 7.84. The molecule has 0 bridgehead atoms. The molecule has 0 heterocycles. The third kappa shape index (κ3) is 12.8. The van der Waals surface area contributed by atoms with E-state index in [4.69, 9.17) is 20.6 Å². The van der Waals surface area contributed by atoms with E-state index in [9.17, 15) is 4.79 Å². The van der Waals surface area contributed by atoms with Gasteiger partial charge in [0.15, 0.2) is 0 Å². The summed E-state index contributed by atoms with van der Waals surface area (Å²) in [5, 5.41) is 2.60. The summed E-state index contributed by atoms with van der Waals surface area (Å²) < 4.78 is 15.5. The van der Waals surface area contributed by atoms with Crippen LogP contribution in [0.15, 0.2) is 0 Å². The van der Waals surface area contributed by atoms with E-state index in [1.54, 1.807) is 0 Å². The van der Waals surface area contributed by atoms with Crippen LogP contribution in [-0.2, 0) is 14.2 Å². The number of carbonyl (C=O) groups is 1. The predicted octanol–water partition coefficient (Wildman–Crippen LogP) is 1.57. The smallest absolute Gasteiger partial charge is 0.407 e. The molecule has 0 aliphatic rings. The largest absolute Gasteiger partial charge is 0.444 e. The Labute approximate surface area is 109 Å². The van der Waals surface area contributed by atoms with Gasteiger partial charge < -0.3 is 19.5 Å². The predicted molar refractivity (Wildman–Crippen MR) is 69.3 cm³/mol. The van der Waals surface area contributed by atoms with Crippen molar-refractivity contribution in [2.75, 3.05) is 33.0 Å². The minimum atomic E-state index is -0.476. The Kier molecular flexibility index (Phi) is 9.07. The molecule has 5 heteroatoms. The minimum absolute atomic E-state index is 0.416. The Morgan fingerprint density at radius 3 is 2.33 bits per heavy atom. The minimum Gasteiger partial charge on any atom is -0.444 e. The van der Waals surface area contributed by atoms with Gasteiger partial charge in [0.05, 0.1) is 26.4 Å². The molecule has 0 aromatic rings. The molecule has 0 unspecified atom stereocenters. The Balaban J connectivity index is 3.26. The number of terminal acetylenes is 1. The molecule has 0 spiro atoms. The first-order valence-electron chi connectivity index (χ1n) is 6.01. The second-order valence-electron chi connectivity index (χ2n) is 4.61. The van der Waals surface area contributed by atoms with Gasteiger partial charge in [-0.3, -0.25) is 0 Å². The first-order valence-corrected chi connectivity index (χ1v) is 6.01. The van der Waals surface area contributed by atoms with Gasteiger partial charge in [0.1, 0.15) is 5.60 Å². The lowest BCUT2D eigenvalue weighted by Crippen LogP contribution is -2.34. The van der Waals surface area contributed by atoms with Crippen molar-refractivity contribution in [2.24, 2.45) is 0 Å². The molecule has 0 aliphatic carbocycles. The van der Waals surface area contributed by atoms with Crippen LogP contribution in [0.3, 0.4) is 0 Å². The standard InChI is InChI=1S/C13H23NO4/c1-5-6-8-16-10-11-17-9-7-14-12(15)18-13(2,3)4/h1H,6-11H2,2-4H3,(H,14,15). The molecule has 0 radical (unpaired) electrons. The summed E-state index contributed by atoms with van der Waals surface area (Å²) in [7, 11) is 0. The molecular weight excluding hydrogens is 234 g/mol. The summed E-state index contributed by atoms with van der Waals surface area (Å²) in [6, 6.07) is 0. The average Bonchev–Trinajstić information content (AvgIpc) is 2.24. The monoisotopic (exact) mass is 257 g/mol. The quantitative estimate of drug-likeness (QED) is 0.529. The highest BCUT2D eigenvalue weighted by molar-refractivity contribution is 5.67. The number of rotatable bonds is 8. The van der Waals surface area contributed by atoms with Crippen molar-refractivity contribution in [1.82, 2.24) is 5.32 Å². The topological polar surface area (TPSA) is 56.8 Å². The molecule has 0 atom stereocenters. The van der Waals surface area contributed by atoms with Crippen molar-refractivity contribution in [3.05, 3.63) is 0 Å². The number of nitrogens with one attached hydrogen (secondary N) is 1. The van der Waals surface area contributed by atoms with Crippen LogP contribution in [0.1, 0.15) is 27.2 Å².